The molecule has 7 heteroatoms. The summed E-state index contributed by atoms with van der Waals surface area (Å²) in [6.07, 6.45) is 3.30. The summed E-state index contributed by atoms with van der Waals surface area (Å²) in [5.41, 5.74) is 5.08. The van der Waals surface area contributed by atoms with E-state index in [9.17, 15) is 4.79 Å². The molecule has 0 spiro atoms. The van der Waals surface area contributed by atoms with Gasteiger partial charge in [0, 0.05) is 11.1 Å². The van der Waals surface area contributed by atoms with Crippen LogP contribution in [0.5, 0.6) is 5.75 Å². The SMILES string of the molecule is Cc1ccc(-c2[nH]ncc2/C=N\n2c(COc3ccccc3C)nc3ccccc3c2=O)cc1. The number of aromatic nitrogens is 4. The second-order valence-corrected chi connectivity index (χ2v) is 8.03. The van der Waals surface area contributed by atoms with Crippen LogP contribution in [-0.4, -0.2) is 26.1 Å². The van der Waals surface area contributed by atoms with Crippen LogP contribution in [0, 0.1) is 13.8 Å². The van der Waals surface area contributed by atoms with E-state index in [0.29, 0.717) is 16.7 Å². The van der Waals surface area contributed by atoms with Crippen molar-refractivity contribution in [3.63, 3.8) is 0 Å². The van der Waals surface area contributed by atoms with Crippen molar-refractivity contribution in [2.75, 3.05) is 0 Å². The summed E-state index contributed by atoms with van der Waals surface area (Å²) in [4.78, 5) is 18.0. The molecule has 1 N–H and O–H groups in total. The highest BCUT2D eigenvalue weighted by atomic mass is 16.5. The summed E-state index contributed by atoms with van der Waals surface area (Å²) < 4.78 is 7.29. The maximum absolute atomic E-state index is 13.3. The normalized spacial score (nSPS) is 11.4. The Hall–Kier alpha value is -4.52. The minimum Gasteiger partial charge on any atom is -0.485 e. The molecule has 2 aromatic heterocycles. The minimum atomic E-state index is -0.259. The Morgan fingerprint density at radius 1 is 1.00 bits per heavy atom. The van der Waals surface area contributed by atoms with Crippen LogP contribution >= 0.6 is 0 Å². The molecule has 0 saturated heterocycles. The Kier molecular flexibility index (Phi) is 5.74. The number of hydrogen-bond donors (Lipinski definition) is 1. The standard InChI is InChI=1S/C27H23N5O2/c1-18-11-13-20(14-12-18)26-21(15-28-31-26)16-29-32-25(17-34-24-10-6-3-7-19(24)2)30-23-9-5-4-8-22(23)27(32)33/h3-16H,17H2,1-2H3,(H,28,31)/b29-16-. The van der Waals surface area contributed by atoms with Crippen molar-refractivity contribution < 1.29 is 4.74 Å². The highest BCUT2D eigenvalue weighted by Gasteiger charge is 2.12. The third-order valence-corrected chi connectivity index (χ3v) is 5.59. The molecule has 0 radical (unpaired) electrons. The van der Waals surface area contributed by atoms with Crippen LogP contribution in [0.15, 0.2) is 88.9 Å². The molecule has 0 atom stereocenters. The average Bonchev–Trinajstić information content (AvgIpc) is 3.32. The molecule has 168 valence electrons. The molecule has 2 heterocycles. The molecule has 5 rings (SSSR count). The van der Waals surface area contributed by atoms with E-state index in [1.165, 1.54) is 10.2 Å². The molecule has 0 amide bonds. The van der Waals surface area contributed by atoms with E-state index >= 15 is 0 Å². The lowest BCUT2D eigenvalue weighted by Gasteiger charge is -2.12. The largest absolute Gasteiger partial charge is 0.485 e. The number of benzene rings is 3. The number of hydrogen-bond acceptors (Lipinski definition) is 5. The first-order valence-corrected chi connectivity index (χ1v) is 10.9. The first-order chi connectivity index (χ1) is 16.6. The third-order valence-electron chi connectivity index (χ3n) is 5.59. The quantitative estimate of drug-likeness (QED) is 0.375. The average molecular weight is 450 g/mol. The molecule has 5 aromatic rings. The number of aromatic amines is 1. The van der Waals surface area contributed by atoms with Crippen LogP contribution < -0.4 is 10.3 Å². The monoisotopic (exact) mass is 449 g/mol. The minimum absolute atomic E-state index is 0.0957. The molecule has 0 fully saturated rings. The van der Waals surface area contributed by atoms with Gasteiger partial charge in [-0.15, -0.1) is 0 Å². The van der Waals surface area contributed by atoms with E-state index in [0.717, 1.165) is 28.1 Å². The van der Waals surface area contributed by atoms with Gasteiger partial charge in [-0.3, -0.25) is 9.89 Å². The molecule has 34 heavy (non-hydrogen) atoms. The van der Waals surface area contributed by atoms with Crippen molar-refractivity contribution in [2.24, 2.45) is 5.10 Å². The number of rotatable bonds is 6. The van der Waals surface area contributed by atoms with Gasteiger partial charge in [0.25, 0.3) is 5.56 Å². The van der Waals surface area contributed by atoms with Gasteiger partial charge in [-0.25, -0.2) is 4.98 Å². The number of H-pyrrole nitrogens is 1. The van der Waals surface area contributed by atoms with Crippen molar-refractivity contribution in [2.45, 2.75) is 20.5 Å². The van der Waals surface area contributed by atoms with Gasteiger partial charge in [0.15, 0.2) is 5.82 Å². The summed E-state index contributed by atoms with van der Waals surface area (Å²) in [6, 6.07) is 23.1. The van der Waals surface area contributed by atoms with Gasteiger partial charge in [0.1, 0.15) is 12.4 Å². The lowest BCUT2D eigenvalue weighted by molar-refractivity contribution is 0.287. The zero-order valence-electron chi connectivity index (χ0n) is 18.9. The lowest BCUT2D eigenvalue weighted by Crippen LogP contribution is -2.23. The second-order valence-electron chi connectivity index (χ2n) is 8.03. The lowest BCUT2D eigenvalue weighted by atomic mass is 10.1. The molecule has 0 saturated carbocycles. The molecular weight excluding hydrogens is 426 g/mol. The van der Waals surface area contributed by atoms with Crippen LogP contribution in [0.25, 0.3) is 22.2 Å². The van der Waals surface area contributed by atoms with Crippen LogP contribution in [0.2, 0.25) is 0 Å². The smallest absolute Gasteiger partial charge is 0.282 e. The van der Waals surface area contributed by atoms with Crippen LogP contribution in [-0.2, 0) is 6.61 Å². The molecular formula is C27H23N5O2. The van der Waals surface area contributed by atoms with E-state index in [1.807, 2.05) is 80.6 Å². The summed E-state index contributed by atoms with van der Waals surface area (Å²) in [5, 5.41) is 12.2. The molecule has 3 aromatic carbocycles. The van der Waals surface area contributed by atoms with Gasteiger partial charge in [0.2, 0.25) is 0 Å². The summed E-state index contributed by atoms with van der Waals surface area (Å²) in [5.74, 6) is 1.14. The first-order valence-electron chi connectivity index (χ1n) is 10.9. The number of ether oxygens (including phenoxy) is 1. The highest BCUT2D eigenvalue weighted by Crippen LogP contribution is 2.21. The van der Waals surface area contributed by atoms with Crippen LogP contribution in [0.3, 0.4) is 0 Å². The number of nitrogens with one attached hydrogen (secondary N) is 1. The van der Waals surface area contributed by atoms with E-state index in [-0.39, 0.29) is 12.2 Å². The fraction of sp³-hybridized carbons (Fsp3) is 0.111. The molecule has 0 aliphatic heterocycles. The number of aryl methyl sites for hydroxylation is 2. The van der Waals surface area contributed by atoms with Gasteiger partial charge in [-0.2, -0.15) is 14.9 Å². The summed E-state index contributed by atoms with van der Waals surface area (Å²) in [6.45, 7) is 4.11. The van der Waals surface area contributed by atoms with Gasteiger partial charge in [0.05, 0.1) is 29.0 Å². The Morgan fingerprint density at radius 3 is 2.59 bits per heavy atom. The van der Waals surface area contributed by atoms with E-state index < -0.39 is 0 Å². The fourth-order valence-corrected chi connectivity index (χ4v) is 3.71. The van der Waals surface area contributed by atoms with E-state index in [2.05, 4.69) is 20.3 Å². The summed E-state index contributed by atoms with van der Waals surface area (Å²) in [7, 11) is 0. The Labute approximate surface area is 196 Å². The topological polar surface area (TPSA) is 85.2 Å². The predicted octanol–water partition coefficient (Wildman–Crippen LogP) is 4.86. The highest BCUT2D eigenvalue weighted by molar-refractivity contribution is 5.88. The van der Waals surface area contributed by atoms with Crippen LogP contribution in [0.1, 0.15) is 22.5 Å². The number of nitrogens with zero attached hydrogens (tertiary/aromatic N) is 4. The molecule has 0 unspecified atom stereocenters. The van der Waals surface area contributed by atoms with Gasteiger partial charge < -0.3 is 4.74 Å². The van der Waals surface area contributed by atoms with E-state index in [1.54, 1.807) is 18.5 Å². The van der Waals surface area contributed by atoms with Crippen LogP contribution in [0.4, 0.5) is 0 Å². The molecule has 0 bridgehead atoms. The van der Waals surface area contributed by atoms with Crippen molar-refractivity contribution in [3.05, 3.63) is 112 Å². The van der Waals surface area contributed by atoms with Crippen molar-refractivity contribution in [3.8, 4) is 17.0 Å². The Bertz CT molecular complexity index is 1550. The summed E-state index contributed by atoms with van der Waals surface area (Å²) >= 11 is 0. The zero-order chi connectivity index (χ0) is 23.5. The third kappa shape index (κ3) is 4.23. The Morgan fingerprint density at radius 2 is 1.76 bits per heavy atom. The first kappa shape index (κ1) is 21.3. The van der Waals surface area contributed by atoms with Crippen molar-refractivity contribution in [1.82, 2.24) is 19.9 Å². The van der Waals surface area contributed by atoms with Crippen molar-refractivity contribution in [1.29, 1.82) is 0 Å². The predicted molar refractivity (Wildman–Crippen MR) is 133 cm³/mol. The maximum Gasteiger partial charge on any atom is 0.282 e. The van der Waals surface area contributed by atoms with Gasteiger partial charge in [-0.05, 0) is 37.6 Å². The Balaban J connectivity index is 1.54. The van der Waals surface area contributed by atoms with Crippen molar-refractivity contribution >= 4 is 17.1 Å². The zero-order valence-corrected chi connectivity index (χ0v) is 18.9. The maximum atomic E-state index is 13.3. The molecule has 0 aliphatic rings. The van der Waals surface area contributed by atoms with E-state index in [4.69, 9.17) is 4.74 Å². The number of fused-ring (bicyclic) bond motifs is 1. The van der Waals surface area contributed by atoms with Gasteiger partial charge >= 0.3 is 0 Å². The second kappa shape index (κ2) is 9.15. The van der Waals surface area contributed by atoms with Gasteiger partial charge in [-0.1, -0.05) is 60.2 Å². The fourth-order valence-electron chi connectivity index (χ4n) is 3.71. The molecule has 7 nitrogen and oxygen atoms in total. The molecule has 0 aliphatic carbocycles. The number of para-hydroxylation sites is 2.